The smallest absolute Gasteiger partial charge is 0.0620 e. The highest BCUT2D eigenvalue weighted by molar-refractivity contribution is 6.31. The highest BCUT2D eigenvalue weighted by atomic mass is 14.9. The van der Waals surface area contributed by atoms with Crippen LogP contribution in [-0.4, -0.2) is 8.80 Å². The van der Waals surface area contributed by atoms with E-state index in [1.165, 1.54) is 87.3 Å². The molecule has 2 heteroatoms. The third kappa shape index (κ3) is 2.48. The van der Waals surface area contributed by atoms with Crippen molar-refractivity contribution in [1.82, 2.24) is 8.80 Å². The van der Waals surface area contributed by atoms with Gasteiger partial charge in [0.2, 0.25) is 0 Å². The molecule has 0 fully saturated rings. The fourth-order valence-electron chi connectivity index (χ4n) is 7.09. The summed E-state index contributed by atoms with van der Waals surface area (Å²) in [6.07, 6.45) is 0. The van der Waals surface area contributed by atoms with E-state index in [1.54, 1.807) is 0 Å². The van der Waals surface area contributed by atoms with Crippen LogP contribution in [0.4, 0.5) is 0 Å². The predicted octanol–water partition coefficient (Wildman–Crippen LogP) is 11.1. The van der Waals surface area contributed by atoms with Gasteiger partial charge in [-0.2, -0.15) is 0 Å². The molecule has 9 aromatic rings. The van der Waals surface area contributed by atoms with Gasteiger partial charge in [0.25, 0.3) is 0 Å². The van der Waals surface area contributed by atoms with Crippen molar-refractivity contribution < 1.29 is 0 Å². The number of nitrogens with zero attached hydrogens (tertiary/aromatic N) is 2. The minimum absolute atomic E-state index is 0. The number of benzene rings is 5. The van der Waals surface area contributed by atoms with Crippen molar-refractivity contribution in [1.29, 1.82) is 0 Å². The Morgan fingerprint density at radius 1 is 0.368 bits per heavy atom. The van der Waals surface area contributed by atoms with Gasteiger partial charge in [0.1, 0.15) is 0 Å². The largest absolute Gasteiger partial charge is 0.308 e. The monoisotopic (exact) mass is 496 g/mol. The number of rotatable bonds is 0. The molecule has 0 atom stereocenters. The molecular weight excluding hydrogens is 460 g/mol. The molecule has 0 aliphatic carbocycles. The molecule has 5 aromatic carbocycles. The van der Waals surface area contributed by atoms with Crippen LogP contribution in [0.25, 0.3) is 76.2 Å². The molecule has 4 aromatic heterocycles. The first-order valence-corrected chi connectivity index (χ1v) is 12.0. The molecule has 0 unspecified atom stereocenters. The molecule has 0 saturated carbocycles. The van der Waals surface area contributed by atoms with Crippen LogP contribution in [0.3, 0.4) is 0 Å². The number of aromatic nitrogens is 2. The zero-order valence-electron chi connectivity index (χ0n) is 19.0. The predicted molar refractivity (Wildman–Crippen MR) is 172 cm³/mol. The van der Waals surface area contributed by atoms with Gasteiger partial charge < -0.3 is 8.80 Å². The van der Waals surface area contributed by atoms with Gasteiger partial charge in [-0.3, -0.25) is 0 Å². The topological polar surface area (TPSA) is 8.82 Å². The van der Waals surface area contributed by atoms with Gasteiger partial charge >= 0.3 is 0 Å². The Balaban J connectivity index is 0.000000735. The molecule has 0 saturated heterocycles. The normalized spacial score (nSPS) is 11.6. The van der Waals surface area contributed by atoms with Crippen LogP contribution in [0.2, 0.25) is 0 Å². The van der Waals surface area contributed by atoms with E-state index in [0.29, 0.717) is 0 Å². The van der Waals surface area contributed by atoms with E-state index in [1.807, 2.05) is 0 Å². The van der Waals surface area contributed by atoms with Crippen molar-refractivity contribution in [2.75, 3.05) is 0 Å². The molecule has 4 heterocycles. The molecule has 0 bridgehead atoms. The molecule has 9 rings (SSSR count). The van der Waals surface area contributed by atoms with Gasteiger partial charge in [-0.25, -0.2) is 0 Å². The summed E-state index contributed by atoms with van der Waals surface area (Å²) in [7, 11) is 0. The lowest BCUT2D eigenvalue weighted by molar-refractivity contribution is 1.30. The van der Waals surface area contributed by atoms with E-state index in [-0.39, 0.29) is 29.7 Å². The summed E-state index contributed by atoms with van der Waals surface area (Å²) in [4.78, 5) is 0. The van der Waals surface area contributed by atoms with E-state index >= 15 is 0 Å². The van der Waals surface area contributed by atoms with Crippen LogP contribution in [0.15, 0.2) is 84.9 Å². The maximum absolute atomic E-state index is 2.53. The second-order valence-electron chi connectivity index (χ2n) is 9.81. The lowest BCUT2D eigenvalue weighted by Gasteiger charge is -2.09. The van der Waals surface area contributed by atoms with Gasteiger partial charge in [0.05, 0.1) is 33.1 Å². The summed E-state index contributed by atoms with van der Waals surface area (Å²) in [5.74, 6) is 0. The molecule has 2 nitrogen and oxygen atoms in total. The van der Waals surface area contributed by atoms with E-state index in [9.17, 15) is 0 Å². The molecule has 0 aliphatic rings. The zero-order valence-corrected chi connectivity index (χ0v) is 19.0. The first-order chi connectivity index (χ1) is 16.8. The number of hydrogen-bond donors (Lipinski definition) is 0. The lowest BCUT2D eigenvalue weighted by Crippen LogP contribution is -1.91. The van der Waals surface area contributed by atoms with E-state index in [4.69, 9.17) is 0 Å². The fourth-order valence-corrected chi connectivity index (χ4v) is 7.09. The van der Waals surface area contributed by atoms with Crippen molar-refractivity contribution in [2.45, 2.75) is 43.6 Å². The fraction of sp³-hybridized carbons (Fsp3) is 0.167. The summed E-state index contributed by atoms with van der Waals surface area (Å²) >= 11 is 0. The zero-order chi connectivity index (χ0) is 22.3. The second-order valence-corrected chi connectivity index (χ2v) is 9.81. The first-order valence-electron chi connectivity index (χ1n) is 12.0. The summed E-state index contributed by atoms with van der Waals surface area (Å²) < 4.78 is 5.06. The maximum Gasteiger partial charge on any atom is 0.0620 e. The van der Waals surface area contributed by atoms with Crippen LogP contribution >= 0.6 is 0 Å². The number of para-hydroxylation sites is 4. The van der Waals surface area contributed by atoms with Gasteiger partial charge in [-0.15, -0.1) is 0 Å². The molecule has 190 valence electrons. The van der Waals surface area contributed by atoms with Crippen molar-refractivity contribution in [3.63, 3.8) is 0 Å². The maximum atomic E-state index is 2.53. The van der Waals surface area contributed by atoms with Gasteiger partial charge in [0, 0.05) is 43.1 Å². The summed E-state index contributed by atoms with van der Waals surface area (Å²) in [5.41, 5.74) is 10.7. The van der Waals surface area contributed by atoms with Crippen molar-refractivity contribution in [3.05, 3.63) is 96.1 Å². The van der Waals surface area contributed by atoms with E-state index in [0.717, 1.165) is 0 Å². The highest BCUT2D eigenvalue weighted by Crippen LogP contribution is 2.47. The molecule has 0 aliphatic heterocycles. The Morgan fingerprint density at radius 2 is 0.737 bits per heavy atom. The quantitative estimate of drug-likeness (QED) is 0.197. The molecule has 0 N–H and O–H groups in total. The van der Waals surface area contributed by atoms with Crippen LogP contribution in [0.5, 0.6) is 0 Å². The van der Waals surface area contributed by atoms with Crippen LogP contribution in [0, 0.1) is 13.8 Å². The first kappa shape index (κ1) is 25.4. The molecule has 38 heavy (non-hydrogen) atoms. The van der Waals surface area contributed by atoms with Crippen molar-refractivity contribution in [3.8, 4) is 0 Å². The van der Waals surface area contributed by atoms with Crippen LogP contribution in [0.1, 0.15) is 40.8 Å². The summed E-state index contributed by atoms with van der Waals surface area (Å²) in [5, 5.41) is 10.9. The number of hydrogen-bond acceptors (Lipinski definition) is 0. The lowest BCUT2D eigenvalue weighted by atomic mass is 9.96. The Bertz CT molecular complexity index is 2130. The number of aryl methyl sites for hydroxylation is 2. The SMILES string of the molecule is C.C.C.C.Cc1c2c3cccc4c5ccccc5n(c2c(C)c2c1c1cccc5c6ccccc6n2c51)c43. The number of fused-ring (bicyclic) bond motifs is 12. The van der Waals surface area contributed by atoms with Gasteiger partial charge in [-0.05, 0) is 37.1 Å². The molecular formula is C36H36N2. The Kier molecular flexibility index (Phi) is 5.40. The summed E-state index contributed by atoms with van der Waals surface area (Å²) in [6.45, 7) is 4.66. The molecule has 0 radical (unpaired) electrons. The van der Waals surface area contributed by atoms with E-state index in [2.05, 4.69) is 108 Å². The molecule has 0 spiro atoms. The summed E-state index contributed by atoms with van der Waals surface area (Å²) in [6, 6.07) is 31.3. The average Bonchev–Trinajstić information content (AvgIpc) is 3.60. The Morgan fingerprint density at radius 3 is 1.18 bits per heavy atom. The third-order valence-corrected chi connectivity index (χ3v) is 8.31. The Labute approximate surface area is 224 Å². The highest BCUT2D eigenvalue weighted by Gasteiger charge is 2.26. The Hall–Kier alpha value is -4.30. The third-order valence-electron chi connectivity index (χ3n) is 8.31. The van der Waals surface area contributed by atoms with Crippen molar-refractivity contribution >= 4 is 76.2 Å². The minimum Gasteiger partial charge on any atom is -0.308 e. The van der Waals surface area contributed by atoms with E-state index < -0.39 is 0 Å². The van der Waals surface area contributed by atoms with Crippen molar-refractivity contribution in [2.24, 2.45) is 0 Å². The van der Waals surface area contributed by atoms with Crippen LogP contribution in [-0.2, 0) is 0 Å². The molecule has 0 amide bonds. The average molecular weight is 497 g/mol. The second kappa shape index (κ2) is 8.10. The van der Waals surface area contributed by atoms with Crippen LogP contribution < -0.4 is 0 Å². The standard InChI is InChI=1S/C32H20N2.4CH4/c1-17-27-23-13-7-11-21-19-9-3-5-15-25(19)33(31(21)23)29(27)18(2)30-28(17)24-14-8-12-22-20-10-4-6-16-26(20)34(30)32(22)24;;;;/h3-16H,1-2H3;4*1H4. The minimum atomic E-state index is 0. The van der Waals surface area contributed by atoms with Gasteiger partial charge in [-0.1, -0.05) is 103 Å². The van der Waals surface area contributed by atoms with Gasteiger partial charge in [0.15, 0.2) is 0 Å².